The molecular formula is C16H13F3NO. The molecule has 0 aliphatic rings. The largest absolute Gasteiger partial charge is 0.416 e. The third-order valence-corrected chi connectivity index (χ3v) is 2.78. The van der Waals surface area contributed by atoms with Crippen LogP contribution in [0.4, 0.5) is 13.2 Å². The van der Waals surface area contributed by atoms with Gasteiger partial charge in [-0.1, -0.05) is 47.1 Å². The van der Waals surface area contributed by atoms with Crippen LogP contribution in [0.2, 0.25) is 0 Å². The number of hydrogen-bond donors (Lipinski definition) is 0. The minimum Gasteiger partial charge on any atom is -0.390 e. The third-order valence-electron chi connectivity index (χ3n) is 2.78. The summed E-state index contributed by atoms with van der Waals surface area (Å²) in [5, 5.41) is 3.57. The number of alkyl halides is 3. The summed E-state index contributed by atoms with van der Waals surface area (Å²) >= 11 is 0. The smallest absolute Gasteiger partial charge is 0.390 e. The van der Waals surface area contributed by atoms with Crippen molar-refractivity contribution in [2.75, 3.05) is 0 Å². The number of hydrogen-bond acceptors (Lipinski definition) is 2. The Balaban J connectivity index is 1.94. The van der Waals surface area contributed by atoms with Gasteiger partial charge in [-0.15, -0.1) is 0 Å². The molecule has 0 amide bonds. The molecule has 0 aliphatic carbocycles. The van der Waals surface area contributed by atoms with E-state index >= 15 is 0 Å². The average Bonchev–Trinajstić information content (AvgIpc) is 2.45. The maximum atomic E-state index is 12.5. The second kappa shape index (κ2) is 6.43. The third kappa shape index (κ3) is 4.63. The van der Waals surface area contributed by atoms with E-state index in [2.05, 4.69) is 11.4 Å². The maximum absolute atomic E-state index is 12.5. The van der Waals surface area contributed by atoms with Crippen LogP contribution >= 0.6 is 0 Å². The highest BCUT2D eigenvalue weighted by atomic mass is 19.4. The van der Waals surface area contributed by atoms with Gasteiger partial charge in [0.2, 0.25) is 0 Å². The van der Waals surface area contributed by atoms with Crippen molar-refractivity contribution >= 4 is 6.21 Å². The van der Waals surface area contributed by atoms with Gasteiger partial charge in [-0.2, -0.15) is 13.2 Å². The molecule has 1 radical (unpaired) electrons. The van der Waals surface area contributed by atoms with Crippen LogP contribution in [0.15, 0.2) is 53.7 Å². The molecular weight excluding hydrogens is 279 g/mol. The van der Waals surface area contributed by atoms with Crippen molar-refractivity contribution in [3.05, 3.63) is 70.8 Å². The number of benzene rings is 2. The van der Waals surface area contributed by atoms with E-state index in [1.54, 1.807) is 0 Å². The Morgan fingerprint density at radius 1 is 1.10 bits per heavy atom. The molecule has 0 N–H and O–H groups in total. The Labute approximate surface area is 120 Å². The summed E-state index contributed by atoms with van der Waals surface area (Å²) in [5.74, 6) is 0. The predicted molar refractivity (Wildman–Crippen MR) is 73.9 cm³/mol. The van der Waals surface area contributed by atoms with Crippen LogP contribution in [0.3, 0.4) is 0 Å². The first-order chi connectivity index (χ1) is 9.95. The standard InChI is InChI=1S/C16H13F3NO/c1-12-5-7-13(8-6-12)11-21-20-10-14-3-2-4-15(9-14)16(17,18)19/h2-9H,11H2,1H3. The molecule has 0 fully saturated rings. The number of aryl methyl sites for hydroxylation is 1. The summed E-state index contributed by atoms with van der Waals surface area (Å²) in [6, 6.07) is 12.4. The van der Waals surface area contributed by atoms with Gasteiger partial charge in [0.05, 0.1) is 5.56 Å². The molecule has 0 aliphatic heterocycles. The predicted octanol–water partition coefficient (Wildman–Crippen LogP) is 4.44. The molecule has 0 atom stereocenters. The number of rotatable bonds is 4. The first kappa shape index (κ1) is 15.1. The number of halogens is 3. The highest BCUT2D eigenvalue weighted by molar-refractivity contribution is 5.79. The Morgan fingerprint density at radius 3 is 2.48 bits per heavy atom. The van der Waals surface area contributed by atoms with Crippen molar-refractivity contribution in [1.29, 1.82) is 0 Å². The molecule has 2 nitrogen and oxygen atoms in total. The van der Waals surface area contributed by atoms with E-state index in [4.69, 9.17) is 4.84 Å². The average molecular weight is 292 g/mol. The zero-order valence-electron chi connectivity index (χ0n) is 11.3. The zero-order chi connectivity index (χ0) is 15.3. The molecule has 0 aromatic heterocycles. The quantitative estimate of drug-likeness (QED) is 0.603. The van der Waals surface area contributed by atoms with Crippen molar-refractivity contribution in [2.24, 2.45) is 5.16 Å². The van der Waals surface area contributed by atoms with Gasteiger partial charge >= 0.3 is 6.18 Å². The summed E-state index contributed by atoms with van der Waals surface area (Å²) in [6.45, 7) is 2.22. The molecule has 21 heavy (non-hydrogen) atoms. The van der Waals surface area contributed by atoms with Crippen LogP contribution in [0, 0.1) is 6.92 Å². The van der Waals surface area contributed by atoms with Gasteiger partial charge in [0.1, 0.15) is 12.8 Å². The van der Waals surface area contributed by atoms with Crippen LogP contribution in [0.5, 0.6) is 0 Å². The molecule has 0 spiro atoms. The van der Waals surface area contributed by atoms with E-state index in [1.807, 2.05) is 31.2 Å². The van der Waals surface area contributed by atoms with Crippen molar-refractivity contribution in [3.8, 4) is 0 Å². The Kier molecular flexibility index (Phi) is 4.62. The van der Waals surface area contributed by atoms with Crippen LogP contribution in [0.25, 0.3) is 0 Å². The summed E-state index contributed by atoms with van der Waals surface area (Å²) in [6.07, 6.45) is -1.93. The van der Waals surface area contributed by atoms with Crippen LogP contribution in [0.1, 0.15) is 22.3 Å². The van der Waals surface area contributed by atoms with E-state index in [9.17, 15) is 13.2 Å². The fraction of sp³-hybridized carbons (Fsp3) is 0.188. The van der Waals surface area contributed by atoms with Crippen LogP contribution in [-0.2, 0) is 17.6 Å². The van der Waals surface area contributed by atoms with E-state index < -0.39 is 11.7 Å². The Morgan fingerprint density at radius 2 is 1.81 bits per heavy atom. The molecule has 2 aromatic carbocycles. The summed E-state index contributed by atoms with van der Waals surface area (Å²) in [5.41, 5.74) is 1.54. The van der Waals surface area contributed by atoms with E-state index in [-0.39, 0.29) is 12.2 Å². The van der Waals surface area contributed by atoms with Crippen LogP contribution < -0.4 is 0 Å². The minimum atomic E-state index is -4.37. The molecule has 2 rings (SSSR count). The Hall–Kier alpha value is -2.30. The summed E-state index contributed by atoms with van der Waals surface area (Å²) < 4.78 is 37.6. The van der Waals surface area contributed by atoms with Crippen molar-refractivity contribution in [3.63, 3.8) is 0 Å². The van der Waals surface area contributed by atoms with Crippen molar-refractivity contribution < 1.29 is 18.0 Å². The zero-order valence-corrected chi connectivity index (χ0v) is 11.3. The van der Waals surface area contributed by atoms with E-state index in [1.165, 1.54) is 12.1 Å². The molecule has 0 saturated heterocycles. The second-order valence-corrected chi connectivity index (χ2v) is 4.54. The van der Waals surface area contributed by atoms with Gasteiger partial charge in [-0.05, 0) is 24.6 Å². The minimum absolute atomic E-state index is 0.216. The fourth-order valence-electron chi connectivity index (χ4n) is 1.64. The lowest BCUT2D eigenvalue weighted by Crippen LogP contribution is -2.05. The molecule has 0 unspecified atom stereocenters. The summed E-state index contributed by atoms with van der Waals surface area (Å²) in [7, 11) is 0. The Bertz CT molecular complexity index is 618. The van der Waals surface area contributed by atoms with Crippen LogP contribution in [-0.4, -0.2) is 6.21 Å². The van der Waals surface area contributed by atoms with Gasteiger partial charge in [0, 0.05) is 5.56 Å². The normalized spacial score (nSPS) is 11.8. The van der Waals surface area contributed by atoms with Crippen molar-refractivity contribution in [2.45, 2.75) is 19.7 Å². The second-order valence-electron chi connectivity index (χ2n) is 4.54. The topological polar surface area (TPSA) is 21.6 Å². The summed E-state index contributed by atoms with van der Waals surface area (Å²) in [4.78, 5) is 5.02. The number of nitrogens with zero attached hydrogens (tertiary/aromatic N) is 1. The molecule has 2 aromatic rings. The molecule has 109 valence electrons. The molecule has 0 saturated carbocycles. The molecule has 0 heterocycles. The lowest BCUT2D eigenvalue weighted by Gasteiger charge is -2.06. The first-order valence-corrected chi connectivity index (χ1v) is 6.26. The van der Waals surface area contributed by atoms with E-state index in [0.717, 1.165) is 23.3 Å². The first-order valence-electron chi connectivity index (χ1n) is 6.26. The lowest BCUT2D eigenvalue weighted by atomic mass is 10.1. The maximum Gasteiger partial charge on any atom is 0.416 e. The van der Waals surface area contributed by atoms with Crippen molar-refractivity contribution in [1.82, 2.24) is 0 Å². The van der Waals surface area contributed by atoms with Gasteiger partial charge < -0.3 is 4.84 Å². The molecule has 5 heteroatoms. The SMILES string of the molecule is Cc1ccc(CO/N=[C]\c2cccc(C(F)(F)F)c2)cc1. The van der Waals surface area contributed by atoms with Gasteiger partial charge in [-0.3, -0.25) is 0 Å². The van der Waals surface area contributed by atoms with Gasteiger partial charge in [-0.25, -0.2) is 0 Å². The van der Waals surface area contributed by atoms with Gasteiger partial charge in [0.25, 0.3) is 0 Å². The highest BCUT2D eigenvalue weighted by Gasteiger charge is 2.30. The highest BCUT2D eigenvalue weighted by Crippen LogP contribution is 2.29. The lowest BCUT2D eigenvalue weighted by molar-refractivity contribution is -0.137. The van der Waals surface area contributed by atoms with Gasteiger partial charge in [0.15, 0.2) is 0 Å². The molecule has 0 bridgehead atoms. The fourth-order valence-corrected chi connectivity index (χ4v) is 1.64. The monoisotopic (exact) mass is 292 g/mol. The van der Waals surface area contributed by atoms with E-state index in [0.29, 0.717) is 0 Å².